The third-order valence-electron chi connectivity index (χ3n) is 4.25. The number of thiophene rings is 1. The molecule has 2 atom stereocenters. The van der Waals surface area contributed by atoms with E-state index in [0.717, 1.165) is 16.6 Å². The van der Waals surface area contributed by atoms with Gasteiger partial charge in [0.2, 0.25) is 11.8 Å². The zero-order valence-electron chi connectivity index (χ0n) is 15.1. The highest BCUT2D eigenvalue weighted by Crippen LogP contribution is 2.43. The highest BCUT2D eigenvalue weighted by molar-refractivity contribution is 8.03. The van der Waals surface area contributed by atoms with Crippen LogP contribution < -0.4 is 11.1 Å². The van der Waals surface area contributed by atoms with E-state index in [0.29, 0.717) is 22.0 Å². The van der Waals surface area contributed by atoms with Gasteiger partial charge in [-0.05, 0) is 30.5 Å². The summed E-state index contributed by atoms with van der Waals surface area (Å²) in [7, 11) is 0. The number of nitriles is 1. The molecule has 1 aromatic carbocycles. The van der Waals surface area contributed by atoms with Crippen molar-refractivity contribution in [2.24, 2.45) is 16.6 Å². The number of primary amides is 1. The van der Waals surface area contributed by atoms with Gasteiger partial charge in [0.25, 0.3) is 0 Å². The third-order valence-corrected chi connectivity index (χ3v) is 6.22. The zero-order chi connectivity index (χ0) is 20.1. The lowest BCUT2D eigenvalue weighted by Gasteiger charge is -2.30. The number of benzene rings is 1. The molecule has 0 fully saturated rings. The Morgan fingerprint density at radius 2 is 2.04 bits per heavy atom. The van der Waals surface area contributed by atoms with Crippen LogP contribution in [0.2, 0.25) is 0 Å². The van der Waals surface area contributed by atoms with Crippen LogP contribution in [0.5, 0.6) is 0 Å². The van der Waals surface area contributed by atoms with Crippen molar-refractivity contribution in [1.82, 2.24) is 0 Å². The lowest BCUT2D eigenvalue weighted by atomic mass is 9.80. The second-order valence-electron chi connectivity index (χ2n) is 6.16. The van der Waals surface area contributed by atoms with Crippen LogP contribution >= 0.6 is 23.1 Å². The van der Waals surface area contributed by atoms with Crippen molar-refractivity contribution in [1.29, 1.82) is 5.26 Å². The molecular formula is C20H18N4O2S2. The molecule has 0 saturated heterocycles. The summed E-state index contributed by atoms with van der Waals surface area (Å²) in [5.41, 5.74) is 6.91. The van der Waals surface area contributed by atoms with Gasteiger partial charge < -0.3 is 11.1 Å². The van der Waals surface area contributed by atoms with E-state index < -0.39 is 17.7 Å². The average molecular weight is 411 g/mol. The van der Waals surface area contributed by atoms with Gasteiger partial charge in [-0.15, -0.1) is 11.3 Å². The number of para-hydroxylation sites is 1. The maximum absolute atomic E-state index is 13.1. The summed E-state index contributed by atoms with van der Waals surface area (Å²) in [5, 5.41) is 15.1. The number of thioether (sulfide) groups is 1. The maximum Gasteiger partial charge on any atom is 0.234 e. The molecule has 0 bridgehead atoms. The SMILES string of the molecule is CC1=NC(SCC(N)=O)=C(C#N)[C@@H](c2cccs2)C1C(=O)Nc1ccccc1. The normalized spacial score (nSPS) is 18.9. The Labute approximate surface area is 171 Å². The molecule has 8 heteroatoms. The van der Waals surface area contributed by atoms with Gasteiger partial charge in [-0.1, -0.05) is 36.0 Å². The van der Waals surface area contributed by atoms with Crippen LogP contribution in [0.1, 0.15) is 17.7 Å². The van der Waals surface area contributed by atoms with Crippen molar-refractivity contribution in [3.05, 3.63) is 63.3 Å². The number of carbonyl (C=O) groups is 2. The van der Waals surface area contributed by atoms with E-state index in [9.17, 15) is 14.9 Å². The van der Waals surface area contributed by atoms with Gasteiger partial charge in [0.1, 0.15) is 5.03 Å². The lowest BCUT2D eigenvalue weighted by molar-refractivity contribution is -0.118. The standard InChI is InChI=1S/C20H18N4O2S2/c1-12-17(19(26)24-13-6-3-2-4-7-13)18(15-8-5-9-27-15)14(10-21)20(23-12)28-11-16(22)25/h2-9,17-18H,11H2,1H3,(H2,22,25)(H,24,26)/t17?,18-/m0/s1. The van der Waals surface area contributed by atoms with Crippen molar-refractivity contribution in [2.75, 3.05) is 11.1 Å². The first kappa shape index (κ1) is 19.9. The molecule has 1 aliphatic rings. The quantitative estimate of drug-likeness (QED) is 0.759. The molecule has 0 spiro atoms. The van der Waals surface area contributed by atoms with Crippen molar-refractivity contribution < 1.29 is 9.59 Å². The fourth-order valence-electron chi connectivity index (χ4n) is 3.06. The molecule has 3 rings (SSSR count). The Bertz CT molecular complexity index is 975. The second-order valence-corrected chi connectivity index (χ2v) is 8.11. The fourth-order valence-corrected chi connectivity index (χ4v) is 4.74. The maximum atomic E-state index is 13.1. The van der Waals surface area contributed by atoms with Crippen molar-refractivity contribution >= 4 is 46.3 Å². The summed E-state index contributed by atoms with van der Waals surface area (Å²) < 4.78 is 0. The van der Waals surface area contributed by atoms with Crippen molar-refractivity contribution in [3.8, 4) is 6.07 Å². The molecule has 1 aromatic heterocycles. The van der Waals surface area contributed by atoms with E-state index in [1.165, 1.54) is 11.3 Å². The van der Waals surface area contributed by atoms with Crippen LogP contribution in [0, 0.1) is 17.2 Å². The predicted molar refractivity (Wildman–Crippen MR) is 113 cm³/mol. The first-order valence-corrected chi connectivity index (χ1v) is 10.4. The molecule has 0 radical (unpaired) electrons. The molecule has 3 N–H and O–H groups in total. The largest absolute Gasteiger partial charge is 0.369 e. The topological polar surface area (TPSA) is 108 Å². The summed E-state index contributed by atoms with van der Waals surface area (Å²) in [6.45, 7) is 1.77. The molecule has 28 heavy (non-hydrogen) atoms. The summed E-state index contributed by atoms with van der Waals surface area (Å²) in [5.74, 6) is -1.76. The minimum absolute atomic E-state index is 0.0231. The van der Waals surface area contributed by atoms with Crippen LogP contribution in [0.15, 0.2) is 63.4 Å². The van der Waals surface area contributed by atoms with Gasteiger partial charge in [0.05, 0.1) is 23.3 Å². The number of hydrogen-bond donors (Lipinski definition) is 2. The Kier molecular flexibility index (Phi) is 6.29. The molecule has 2 amide bonds. The van der Waals surface area contributed by atoms with Crippen LogP contribution in [-0.4, -0.2) is 23.3 Å². The average Bonchev–Trinajstić information content (AvgIpc) is 3.20. The summed E-state index contributed by atoms with van der Waals surface area (Å²) in [4.78, 5) is 29.7. The van der Waals surface area contributed by atoms with Gasteiger partial charge in [-0.2, -0.15) is 5.26 Å². The Hall–Kier alpha value is -2.89. The molecule has 0 aliphatic carbocycles. The lowest BCUT2D eigenvalue weighted by Crippen LogP contribution is -2.36. The summed E-state index contributed by atoms with van der Waals surface area (Å²) in [6.07, 6.45) is 0. The predicted octanol–water partition coefficient (Wildman–Crippen LogP) is 3.51. The van der Waals surface area contributed by atoms with Gasteiger partial charge in [0, 0.05) is 22.2 Å². The van der Waals surface area contributed by atoms with E-state index in [2.05, 4.69) is 16.4 Å². The monoisotopic (exact) mass is 410 g/mol. The highest BCUT2D eigenvalue weighted by Gasteiger charge is 2.40. The highest BCUT2D eigenvalue weighted by atomic mass is 32.2. The number of allylic oxidation sites excluding steroid dienone is 1. The van der Waals surface area contributed by atoms with E-state index in [-0.39, 0.29) is 11.7 Å². The zero-order valence-corrected chi connectivity index (χ0v) is 16.7. The first-order valence-electron chi connectivity index (χ1n) is 8.51. The number of nitrogens with zero attached hydrogens (tertiary/aromatic N) is 2. The van der Waals surface area contributed by atoms with E-state index in [1.807, 2.05) is 47.8 Å². The Balaban J connectivity index is 2.00. The first-order chi connectivity index (χ1) is 13.5. The van der Waals surface area contributed by atoms with Crippen molar-refractivity contribution in [3.63, 3.8) is 0 Å². The van der Waals surface area contributed by atoms with Gasteiger partial charge in [-0.25, -0.2) is 4.99 Å². The van der Waals surface area contributed by atoms with Crippen LogP contribution in [0.25, 0.3) is 0 Å². The Morgan fingerprint density at radius 3 is 2.64 bits per heavy atom. The number of rotatable bonds is 6. The molecule has 2 heterocycles. The smallest absolute Gasteiger partial charge is 0.234 e. The van der Waals surface area contributed by atoms with Crippen molar-refractivity contribution in [2.45, 2.75) is 12.8 Å². The van der Waals surface area contributed by atoms with E-state index in [1.54, 1.807) is 6.92 Å². The second kappa shape index (κ2) is 8.87. The van der Waals surface area contributed by atoms with Gasteiger partial charge in [0.15, 0.2) is 0 Å². The molecule has 6 nitrogen and oxygen atoms in total. The number of nitrogens with two attached hydrogens (primary N) is 1. The number of hydrogen-bond acceptors (Lipinski definition) is 6. The molecule has 1 aliphatic heterocycles. The third kappa shape index (κ3) is 4.32. The number of carbonyl (C=O) groups excluding carboxylic acids is 2. The molecule has 2 aromatic rings. The fraction of sp³-hybridized carbons (Fsp3) is 0.200. The summed E-state index contributed by atoms with van der Waals surface area (Å²) in [6, 6.07) is 15.2. The van der Waals surface area contributed by atoms with Crippen LogP contribution in [0.3, 0.4) is 0 Å². The minimum Gasteiger partial charge on any atom is -0.369 e. The Morgan fingerprint density at radius 1 is 1.29 bits per heavy atom. The molecule has 142 valence electrons. The number of anilines is 1. The summed E-state index contributed by atoms with van der Waals surface area (Å²) >= 11 is 2.61. The molecular weight excluding hydrogens is 392 g/mol. The van der Waals surface area contributed by atoms with Crippen LogP contribution in [-0.2, 0) is 9.59 Å². The molecule has 1 unspecified atom stereocenters. The van der Waals surface area contributed by atoms with Gasteiger partial charge in [-0.3, -0.25) is 9.59 Å². The number of nitrogens with one attached hydrogen (secondary N) is 1. The van der Waals surface area contributed by atoms with E-state index in [4.69, 9.17) is 5.73 Å². The van der Waals surface area contributed by atoms with Gasteiger partial charge >= 0.3 is 0 Å². The number of aliphatic imine (C=N–C) groups is 1. The minimum atomic E-state index is -0.619. The molecule has 0 saturated carbocycles. The number of amides is 2. The van der Waals surface area contributed by atoms with E-state index >= 15 is 0 Å². The van der Waals surface area contributed by atoms with Crippen LogP contribution in [0.4, 0.5) is 5.69 Å².